The number of aryl methyl sites for hydroxylation is 2. The topological polar surface area (TPSA) is 57.8 Å². The third kappa shape index (κ3) is 2.63. The lowest BCUT2D eigenvalue weighted by molar-refractivity contribution is 0.103. The molecule has 5 heteroatoms. The standard InChI is InChI=1S/C15H19N3OS/c1-3-11-8-14(18-17-11)16-15(19)13-7-10-6-9(2)4-5-12(10)20-13/h7-9H,3-6H2,1-2H3,(H2,16,17,18,19). The zero-order chi connectivity index (χ0) is 14.1. The van der Waals surface area contributed by atoms with Crippen LogP contribution in [0, 0.1) is 5.92 Å². The van der Waals surface area contributed by atoms with E-state index in [-0.39, 0.29) is 5.91 Å². The van der Waals surface area contributed by atoms with Gasteiger partial charge in [-0.2, -0.15) is 5.10 Å². The van der Waals surface area contributed by atoms with Gasteiger partial charge in [0.25, 0.3) is 5.91 Å². The largest absolute Gasteiger partial charge is 0.304 e. The van der Waals surface area contributed by atoms with Crippen molar-refractivity contribution >= 4 is 23.1 Å². The van der Waals surface area contributed by atoms with Crippen LogP contribution in [0.3, 0.4) is 0 Å². The van der Waals surface area contributed by atoms with Gasteiger partial charge in [0, 0.05) is 16.6 Å². The van der Waals surface area contributed by atoms with Crippen LogP contribution in [0.1, 0.15) is 46.1 Å². The fourth-order valence-corrected chi connectivity index (χ4v) is 3.71. The number of amides is 1. The van der Waals surface area contributed by atoms with Crippen molar-refractivity contribution < 1.29 is 4.79 Å². The van der Waals surface area contributed by atoms with Crippen LogP contribution in [0.5, 0.6) is 0 Å². The molecule has 0 radical (unpaired) electrons. The van der Waals surface area contributed by atoms with E-state index in [1.807, 2.05) is 13.0 Å². The summed E-state index contributed by atoms with van der Waals surface area (Å²) in [5.74, 6) is 1.28. The number of thiophene rings is 1. The second-order valence-corrected chi connectivity index (χ2v) is 6.63. The van der Waals surface area contributed by atoms with Crippen LogP contribution in [0.4, 0.5) is 5.82 Å². The molecule has 0 fully saturated rings. The first-order chi connectivity index (χ1) is 9.65. The highest BCUT2D eigenvalue weighted by atomic mass is 32.1. The monoisotopic (exact) mass is 289 g/mol. The Balaban J connectivity index is 1.74. The molecule has 106 valence electrons. The molecule has 3 rings (SSSR count). The molecule has 1 unspecified atom stereocenters. The number of anilines is 1. The summed E-state index contributed by atoms with van der Waals surface area (Å²) in [5.41, 5.74) is 2.38. The number of nitrogens with zero attached hydrogens (tertiary/aromatic N) is 1. The van der Waals surface area contributed by atoms with Gasteiger partial charge in [-0.1, -0.05) is 13.8 Å². The molecule has 2 N–H and O–H groups in total. The van der Waals surface area contributed by atoms with Crippen molar-refractivity contribution in [2.75, 3.05) is 5.32 Å². The molecule has 2 aromatic rings. The zero-order valence-corrected chi connectivity index (χ0v) is 12.6. The summed E-state index contributed by atoms with van der Waals surface area (Å²) in [6.07, 6.45) is 4.32. The Morgan fingerprint density at radius 2 is 2.40 bits per heavy atom. The molecular formula is C15H19N3OS. The van der Waals surface area contributed by atoms with Gasteiger partial charge in [0.2, 0.25) is 0 Å². The molecule has 0 saturated heterocycles. The van der Waals surface area contributed by atoms with Crippen molar-refractivity contribution in [3.8, 4) is 0 Å². The second-order valence-electron chi connectivity index (χ2n) is 5.49. The van der Waals surface area contributed by atoms with E-state index in [0.29, 0.717) is 5.82 Å². The molecule has 1 aliphatic rings. The molecule has 0 aromatic carbocycles. The van der Waals surface area contributed by atoms with E-state index in [9.17, 15) is 4.79 Å². The number of hydrogen-bond acceptors (Lipinski definition) is 3. The predicted molar refractivity (Wildman–Crippen MR) is 81.4 cm³/mol. The van der Waals surface area contributed by atoms with E-state index >= 15 is 0 Å². The summed E-state index contributed by atoms with van der Waals surface area (Å²) in [5, 5.41) is 9.86. The smallest absolute Gasteiger partial charge is 0.266 e. The molecular weight excluding hydrogens is 270 g/mol. The number of carbonyl (C=O) groups excluding carboxylic acids is 1. The Bertz CT molecular complexity index is 629. The van der Waals surface area contributed by atoms with Gasteiger partial charge in [-0.25, -0.2) is 0 Å². The van der Waals surface area contributed by atoms with Crippen LogP contribution >= 0.6 is 11.3 Å². The van der Waals surface area contributed by atoms with E-state index in [4.69, 9.17) is 0 Å². The minimum absolute atomic E-state index is 0.0498. The van der Waals surface area contributed by atoms with Crippen molar-refractivity contribution in [3.63, 3.8) is 0 Å². The maximum atomic E-state index is 12.3. The van der Waals surface area contributed by atoms with E-state index in [0.717, 1.165) is 35.8 Å². The minimum Gasteiger partial charge on any atom is -0.304 e. The molecule has 0 saturated carbocycles. The number of H-pyrrole nitrogens is 1. The van der Waals surface area contributed by atoms with Gasteiger partial charge in [-0.05, 0) is 43.2 Å². The lowest BCUT2D eigenvalue weighted by Gasteiger charge is -2.16. The van der Waals surface area contributed by atoms with Crippen molar-refractivity contribution in [2.24, 2.45) is 5.92 Å². The summed E-state index contributed by atoms with van der Waals surface area (Å²) in [7, 11) is 0. The third-order valence-electron chi connectivity index (χ3n) is 3.81. The molecule has 0 aliphatic heterocycles. The number of rotatable bonds is 3. The quantitative estimate of drug-likeness (QED) is 0.909. The van der Waals surface area contributed by atoms with Gasteiger partial charge < -0.3 is 5.32 Å². The van der Waals surface area contributed by atoms with Gasteiger partial charge in [0.15, 0.2) is 5.82 Å². The van der Waals surface area contributed by atoms with Crippen LogP contribution in [0.25, 0.3) is 0 Å². The normalized spacial score (nSPS) is 17.8. The van der Waals surface area contributed by atoms with Crippen molar-refractivity contribution in [1.29, 1.82) is 0 Å². The molecule has 0 spiro atoms. The lowest BCUT2D eigenvalue weighted by Crippen LogP contribution is -2.10. The molecule has 0 bridgehead atoms. The molecule has 1 amide bonds. The molecule has 4 nitrogen and oxygen atoms in total. The van der Waals surface area contributed by atoms with Crippen molar-refractivity contribution in [1.82, 2.24) is 10.2 Å². The number of fused-ring (bicyclic) bond motifs is 1. The highest BCUT2D eigenvalue weighted by Crippen LogP contribution is 2.32. The summed E-state index contributed by atoms with van der Waals surface area (Å²) in [4.78, 5) is 14.4. The van der Waals surface area contributed by atoms with Crippen molar-refractivity contribution in [2.45, 2.75) is 39.5 Å². The predicted octanol–water partition coefficient (Wildman–Crippen LogP) is 3.41. The minimum atomic E-state index is -0.0498. The Hall–Kier alpha value is -1.62. The first-order valence-corrected chi connectivity index (χ1v) is 7.94. The summed E-state index contributed by atoms with van der Waals surface area (Å²) in [6, 6.07) is 3.94. The Kier molecular flexibility index (Phi) is 3.61. The van der Waals surface area contributed by atoms with E-state index in [2.05, 4.69) is 28.5 Å². The van der Waals surface area contributed by atoms with Crippen LogP contribution in [-0.2, 0) is 19.3 Å². The SMILES string of the molecule is CCc1cc(NC(=O)c2cc3c(s2)CCC(C)C3)n[nH]1. The molecule has 2 heterocycles. The summed E-state index contributed by atoms with van der Waals surface area (Å²) < 4.78 is 0. The average Bonchev–Trinajstić information content (AvgIpc) is 3.04. The average molecular weight is 289 g/mol. The highest BCUT2D eigenvalue weighted by Gasteiger charge is 2.21. The number of nitrogens with one attached hydrogen (secondary N) is 2. The Labute approximate surface area is 122 Å². The third-order valence-corrected chi connectivity index (χ3v) is 5.04. The van der Waals surface area contributed by atoms with E-state index in [1.54, 1.807) is 11.3 Å². The maximum Gasteiger partial charge on any atom is 0.266 e. The number of carbonyl (C=O) groups is 1. The lowest BCUT2D eigenvalue weighted by atomic mass is 9.90. The molecule has 20 heavy (non-hydrogen) atoms. The number of hydrogen-bond donors (Lipinski definition) is 2. The zero-order valence-electron chi connectivity index (χ0n) is 11.8. The number of aromatic amines is 1. The fraction of sp³-hybridized carbons (Fsp3) is 0.467. The Morgan fingerprint density at radius 1 is 1.55 bits per heavy atom. The first kappa shape index (κ1) is 13.4. The highest BCUT2D eigenvalue weighted by molar-refractivity contribution is 7.14. The molecule has 1 aliphatic carbocycles. The van der Waals surface area contributed by atoms with E-state index < -0.39 is 0 Å². The van der Waals surface area contributed by atoms with Gasteiger partial charge in [-0.15, -0.1) is 11.3 Å². The van der Waals surface area contributed by atoms with Crippen LogP contribution in [-0.4, -0.2) is 16.1 Å². The summed E-state index contributed by atoms with van der Waals surface area (Å²) >= 11 is 1.63. The maximum absolute atomic E-state index is 12.3. The number of aromatic nitrogens is 2. The molecule has 2 aromatic heterocycles. The molecule has 1 atom stereocenters. The van der Waals surface area contributed by atoms with E-state index in [1.165, 1.54) is 16.9 Å². The van der Waals surface area contributed by atoms with Crippen LogP contribution in [0.15, 0.2) is 12.1 Å². The van der Waals surface area contributed by atoms with Gasteiger partial charge >= 0.3 is 0 Å². The fourth-order valence-electron chi connectivity index (χ4n) is 2.60. The summed E-state index contributed by atoms with van der Waals surface area (Å²) in [6.45, 7) is 4.32. The Morgan fingerprint density at radius 3 is 3.15 bits per heavy atom. The van der Waals surface area contributed by atoms with Gasteiger partial charge in [0.05, 0.1) is 4.88 Å². The van der Waals surface area contributed by atoms with Gasteiger partial charge in [0.1, 0.15) is 0 Å². The van der Waals surface area contributed by atoms with Crippen LogP contribution in [0.2, 0.25) is 0 Å². The van der Waals surface area contributed by atoms with Gasteiger partial charge in [-0.3, -0.25) is 9.89 Å². The van der Waals surface area contributed by atoms with Crippen LogP contribution < -0.4 is 5.32 Å². The second kappa shape index (κ2) is 5.40. The van der Waals surface area contributed by atoms with Crippen molar-refractivity contribution in [3.05, 3.63) is 33.1 Å². The first-order valence-electron chi connectivity index (χ1n) is 7.13.